The molecule has 0 saturated carbocycles. The van der Waals surface area contributed by atoms with E-state index in [2.05, 4.69) is 4.90 Å². The van der Waals surface area contributed by atoms with E-state index in [1.54, 1.807) is 31.4 Å². The molecule has 3 rings (SSSR count). The summed E-state index contributed by atoms with van der Waals surface area (Å²) in [6.07, 6.45) is 0. The summed E-state index contributed by atoms with van der Waals surface area (Å²) >= 11 is 0. The monoisotopic (exact) mass is 354 g/mol. The Kier molecular flexibility index (Phi) is 5.41. The molecule has 0 N–H and O–H groups in total. The number of amides is 1. The summed E-state index contributed by atoms with van der Waals surface area (Å²) in [6.45, 7) is 2.74. The van der Waals surface area contributed by atoms with Gasteiger partial charge in [-0.05, 0) is 36.4 Å². The highest BCUT2D eigenvalue weighted by Gasteiger charge is 2.24. The summed E-state index contributed by atoms with van der Waals surface area (Å²) in [6, 6.07) is 14.6. The number of esters is 1. The molecule has 1 aliphatic heterocycles. The summed E-state index contributed by atoms with van der Waals surface area (Å²) in [5, 5.41) is 0. The van der Waals surface area contributed by atoms with Crippen molar-refractivity contribution in [1.82, 2.24) is 4.90 Å². The molecule has 1 amide bonds. The van der Waals surface area contributed by atoms with Crippen LogP contribution in [0.25, 0.3) is 0 Å². The van der Waals surface area contributed by atoms with Crippen LogP contribution in [0.3, 0.4) is 0 Å². The largest absolute Gasteiger partial charge is 0.496 e. The second-order valence-corrected chi connectivity index (χ2v) is 6.02. The third kappa shape index (κ3) is 3.64. The van der Waals surface area contributed by atoms with Crippen molar-refractivity contribution < 1.29 is 19.1 Å². The lowest BCUT2D eigenvalue weighted by atomic mass is 10.1. The molecule has 1 saturated heterocycles. The van der Waals surface area contributed by atoms with Gasteiger partial charge in [0.05, 0.1) is 25.3 Å². The molecule has 6 nitrogen and oxygen atoms in total. The van der Waals surface area contributed by atoms with E-state index >= 15 is 0 Å². The van der Waals surface area contributed by atoms with Crippen LogP contribution in [-0.2, 0) is 4.74 Å². The van der Waals surface area contributed by atoms with Crippen molar-refractivity contribution in [2.45, 2.75) is 0 Å². The van der Waals surface area contributed by atoms with E-state index < -0.39 is 0 Å². The number of piperazine rings is 1. The summed E-state index contributed by atoms with van der Waals surface area (Å²) in [4.78, 5) is 28.3. The number of methoxy groups -OCH3 is 2. The predicted molar refractivity (Wildman–Crippen MR) is 98.9 cm³/mol. The highest BCUT2D eigenvalue weighted by molar-refractivity contribution is 5.97. The Hall–Kier alpha value is -3.02. The number of benzene rings is 2. The van der Waals surface area contributed by atoms with Crippen LogP contribution in [0.4, 0.5) is 5.69 Å². The number of hydrogen-bond donors (Lipinski definition) is 0. The topological polar surface area (TPSA) is 59.1 Å². The van der Waals surface area contributed by atoms with Crippen molar-refractivity contribution >= 4 is 17.6 Å². The van der Waals surface area contributed by atoms with Crippen LogP contribution in [0.5, 0.6) is 5.75 Å². The first-order valence-corrected chi connectivity index (χ1v) is 8.49. The van der Waals surface area contributed by atoms with Gasteiger partial charge in [-0.2, -0.15) is 0 Å². The summed E-state index contributed by atoms with van der Waals surface area (Å²) in [5.41, 5.74) is 2.15. The average Bonchev–Trinajstić information content (AvgIpc) is 2.73. The van der Waals surface area contributed by atoms with Gasteiger partial charge in [0.2, 0.25) is 0 Å². The zero-order chi connectivity index (χ0) is 18.5. The highest BCUT2D eigenvalue weighted by atomic mass is 16.5. The second-order valence-electron chi connectivity index (χ2n) is 6.02. The Bertz CT molecular complexity index is 781. The van der Waals surface area contributed by atoms with Gasteiger partial charge in [0, 0.05) is 31.9 Å². The van der Waals surface area contributed by atoms with E-state index in [1.807, 2.05) is 29.2 Å². The van der Waals surface area contributed by atoms with E-state index in [0.29, 0.717) is 30.0 Å². The van der Waals surface area contributed by atoms with Gasteiger partial charge in [-0.3, -0.25) is 4.79 Å². The Morgan fingerprint density at radius 2 is 1.54 bits per heavy atom. The number of hydrogen-bond acceptors (Lipinski definition) is 5. The smallest absolute Gasteiger partial charge is 0.337 e. The van der Waals surface area contributed by atoms with Gasteiger partial charge in [0.25, 0.3) is 5.91 Å². The number of carbonyl (C=O) groups excluding carboxylic acids is 2. The first-order chi connectivity index (χ1) is 12.6. The van der Waals surface area contributed by atoms with Crippen molar-refractivity contribution in [2.75, 3.05) is 45.3 Å². The lowest BCUT2D eigenvalue weighted by molar-refractivity contribution is 0.0600. The van der Waals surface area contributed by atoms with Crippen molar-refractivity contribution in [3.05, 3.63) is 59.7 Å². The average molecular weight is 354 g/mol. The fourth-order valence-corrected chi connectivity index (χ4v) is 3.09. The summed E-state index contributed by atoms with van der Waals surface area (Å²) in [5.74, 6) is 0.241. The molecule has 136 valence electrons. The molecule has 0 aromatic heterocycles. The number of anilines is 1. The fourth-order valence-electron chi connectivity index (χ4n) is 3.09. The minimum Gasteiger partial charge on any atom is -0.496 e. The molecule has 2 aromatic carbocycles. The molecule has 1 fully saturated rings. The maximum atomic E-state index is 12.8. The van der Waals surface area contributed by atoms with Gasteiger partial charge in [-0.1, -0.05) is 12.1 Å². The highest BCUT2D eigenvalue weighted by Crippen LogP contribution is 2.22. The van der Waals surface area contributed by atoms with E-state index in [-0.39, 0.29) is 11.9 Å². The summed E-state index contributed by atoms with van der Waals surface area (Å²) in [7, 11) is 2.94. The lowest BCUT2D eigenvalue weighted by Crippen LogP contribution is -2.48. The predicted octanol–water partition coefficient (Wildman–Crippen LogP) is 2.44. The Labute approximate surface area is 152 Å². The van der Waals surface area contributed by atoms with Gasteiger partial charge < -0.3 is 19.3 Å². The standard InChI is InChI=1S/C20H22N2O4/c1-25-18-6-4-3-5-17(18)19(23)22-13-11-21(12-14-22)16-9-7-15(8-10-16)20(24)26-2/h3-10H,11-14H2,1-2H3. The summed E-state index contributed by atoms with van der Waals surface area (Å²) < 4.78 is 10.0. The minimum absolute atomic E-state index is 0.0110. The van der Waals surface area contributed by atoms with E-state index in [4.69, 9.17) is 9.47 Å². The zero-order valence-electron chi connectivity index (χ0n) is 15.0. The molecular formula is C20H22N2O4. The molecule has 2 aromatic rings. The molecule has 0 bridgehead atoms. The van der Waals surface area contributed by atoms with Gasteiger partial charge in [0.1, 0.15) is 5.75 Å². The number of carbonyl (C=O) groups is 2. The molecule has 0 spiro atoms. The first-order valence-electron chi connectivity index (χ1n) is 8.49. The van der Waals surface area contributed by atoms with Crippen LogP contribution < -0.4 is 9.64 Å². The Morgan fingerprint density at radius 1 is 0.885 bits per heavy atom. The molecule has 0 unspecified atom stereocenters. The molecule has 0 radical (unpaired) electrons. The molecule has 1 heterocycles. The number of para-hydroxylation sites is 1. The third-order valence-corrected chi connectivity index (χ3v) is 4.56. The van der Waals surface area contributed by atoms with Crippen molar-refractivity contribution in [3.8, 4) is 5.75 Å². The zero-order valence-corrected chi connectivity index (χ0v) is 15.0. The fraction of sp³-hybridized carbons (Fsp3) is 0.300. The quantitative estimate of drug-likeness (QED) is 0.790. The molecule has 0 atom stereocenters. The van der Waals surface area contributed by atoms with Crippen LogP contribution in [0, 0.1) is 0 Å². The number of ether oxygens (including phenoxy) is 2. The molecule has 6 heteroatoms. The SMILES string of the molecule is COC(=O)c1ccc(N2CCN(C(=O)c3ccccc3OC)CC2)cc1. The van der Waals surface area contributed by atoms with Crippen molar-refractivity contribution in [2.24, 2.45) is 0 Å². The normalized spacial score (nSPS) is 14.1. The number of rotatable bonds is 4. The van der Waals surface area contributed by atoms with Crippen LogP contribution in [0.1, 0.15) is 20.7 Å². The van der Waals surface area contributed by atoms with E-state index in [1.165, 1.54) is 7.11 Å². The van der Waals surface area contributed by atoms with Gasteiger partial charge >= 0.3 is 5.97 Å². The first kappa shape index (κ1) is 17.8. The molecule has 0 aliphatic carbocycles. The molecule has 1 aliphatic rings. The van der Waals surface area contributed by atoms with E-state index in [0.717, 1.165) is 18.8 Å². The minimum atomic E-state index is -0.344. The van der Waals surface area contributed by atoms with Crippen LogP contribution >= 0.6 is 0 Å². The van der Waals surface area contributed by atoms with Gasteiger partial charge in [0.15, 0.2) is 0 Å². The molecule has 26 heavy (non-hydrogen) atoms. The van der Waals surface area contributed by atoms with Crippen molar-refractivity contribution in [3.63, 3.8) is 0 Å². The van der Waals surface area contributed by atoms with Gasteiger partial charge in [-0.15, -0.1) is 0 Å². The van der Waals surface area contributed by atoms with Crippen LogP contribution in [-0.4, -0.2) is 57.2 Å². The maximum Gasteiger partial charge on any atom is 0.337 e. The van der Waals surface area contributed by atoms with Crippen molar-refractivity contribution in [1.29, 1.82) is 0 Å². The Morgan fingerprint density at radius 3 is 2.15 bits per heavy atom. The van der Waals surface area contributed by atoms with Crippen LogP contribution in [0.15, 0.2) is 48.5 Å². The number of nitrogens with zero attached hydrogens (tertiary/aromatic N) is 2. The maximum absolute atomic E-state index is 12.8. The Balaban J connectivity index is 1.64. The van der Waals surface area contributed by atoms with Gasteiger partial charge in [-0.25, -0.2) is 4.79 Å². The third-order valence-electron chi connectivity index (χ3n) is 4.56. The lowest BCUT2D eigenvalue weighted by Gasteiger charge is -2.36. The van der Waals surface area contributed by atoms with E-state index in [9.17, 15) is 9.59 Å². The second kappa shape index (κ2) is 7.91. The van der Waals surface area contributed by atoms with Crippen LogP contribution in [0.2, 0.25) is 0 Å². The molecular weight excluding hydrogens is 332 g/mol.